The van der Waals surface area contributed by atoms with Gasteiger partial charge in [-0.25, -0.2) is 4.98 Å². The molecule has 31 heavy (non-hydrogen) atoms. The van der Waals surface area contributed by atoms with Gasteiger partial charge in [-0.2, -0.15) is 0 Å². The van der Waals surface area contributed by atoms with Crippen molar-refractivity contribution < 1.29 is 9.47 Å². The van der Waals surface area contributed by atoms with E-state index in [-0.39, 0.29) is 0 Å². The molecule has 0 aliphatic carbocycles. The summed E-state index contributed by atoms with van der Waals surface area (Å²) in [6, 6.07) is 17.7. The van der Waals surface area contributed by atoms with E-state index in [1.807, 2.05) is 66.2 Å². The summed E-state index contributed by atoms with van der Waals surface area (Å²) in [5, 5.41) is 6.64. The minimum absolute atomic E-state index is 0.658. The zero-order valence-corrected chi connectivity index (χ0v) is 19.0. The number of pyridine rings is 1. The van der Waals surface area contributed by atoms with Gasteiger partial charge in [-0.15, -0.1) is 0 Å². The molecule has 2 N–H and O–H groups in total. The van der Waals surface area contributed by atoms with Gasteiger partial charge >= 0.3 is 0 Å². The van der Waals surface area contributed by atoms with E-state index in [0.717, 1.165) is 50.9 Å². The molecule has 0 amide bonds. The van der Waals surface area contributed by atoms with Crippen molar-refractivity contribution in [3.63, 3.8) is 0 Å². The van der Waals surface area contributed by atoms with Gasteiger partial charge in [-0.3, -0.25) is 4.98 Å². The van der Waals surface area contributed by atoms with Crippen molar-refractivity contribution in [1.82, 2.24) is 19.9 Å². The fourth-order valence-corrected chi connectivity index (χ4v) is 3.42. The molecule has 2 aromatic carbocycles. The van der Waals surface area contributed by atoms with Crippen LogP contribution >= 0.6 is 15.9 Å². The Hall–Kier alpha value is -2.94. The van der Waals surface area contributed by atoms with Crippen LogP contribution in [0.1, 0.15) is 5.69 Å². The maximum Gasteiger partial charge on any atom is 0.208 e. The zero-order chi connectivity index (χ0) is 21.6. The number of ether oxygens (including phenoxy) is 2. The second-order valence-corrected chi connectivity index (χ2v) is 7.95. The first kappa shape index (κ1) is 21.3. The van der Waals surface area contributed by atoms with Crippen molar-refractivity contribution in [3.05, 3.63) is 71.0 Å². The molecular formula is C23H24BrN5O2. The predicted octanol–water partition coefficient (Wildman–Crippen LogP) is 5.00. The minimum atomic E-state index is 0.658. The van der Waals surface area contributed by atoms with Crippen LogP contribution in [0, 0.1) is 0 Å². The van der Waals surface area contributed by atoms with E-state index in [2.05, 4.69) is 31.5 Å². The molecular weight excluding hydrogens is 458 g/mol. The highest BCUT2D eigenvalue weighted by Crippen LogP contribution is 2.28. The van der Waals surface area contributed by atoms with Gasteiger partial charge < -0.3 is 24.7 Å². The maximum atomic E-state index is 6.07. The van der Waals surface area contributed by atoms with Gasteiger partial charge in [0, 0.05) is 55.7 Å². The Bertz CT molecular complexity index is 1160. The number of benzene rings is 2. The Kier molecular flexibility index (Phi) is 6.81. The average molecular weight is 482 g/mol. The first-order valence-corrected chi connectivity index (χ1v) is 10.7. The highest BCUT2D eigenvalue weighted by molar-refractivity contribution is 9.10. The maximum absolute atomic E-state index is 6.07. The number of imidazole rings is 1. The number of nitrogens with zero attached hydrogens (tertiary/aromatic N) is 3. The van der Waals surface area contributed by atoms with Gasteiger partial charge in [0.2, 0.25) is 5.95 Å². The molecule has 0 aliphatic heterocycles. The molecule has 4 aromatic rings. The third kappa shape index (κ3) is 5.41. The van der Waals surface area contributed by atoms with Crippen LogP contribution < -0.4 is 15.4 Å². The van der Waals surface area contributed by atoms with Gasteiger partial charge in [0.15, 0.2) is 0 Å². The second kappa shape index (κ2) is 9.91. The van der Waals surface area contributed by atoms with Crippen LogP contribution in [-0.2, 0) is 18.3 Å². The van der Waals surface area contributed by atoms with Crippen LogP contribution in [0.3, 0.4) is 0 Å². The Morgan fingerprint density at radius 3 is 2.65 bits per heavy atom. The molecule has 0 unspecified atom stereocenters. The number of hydrogen-bond acceptors (Lipinski definition) is 6. The van der Waals surface area contributed by atoms with Crippen molar-refractivity contribution in [2.45, 2.75) is 6.54 Å². The van der Waals surface area contributed by atoms with Crippen LogP contribution in [-0.4, -0.2) is 34.8 Å². The van der Waals surface area contributed by atoms with Gasteiger partial charge in [0.25, 0.3) is 0 Å². The smallest absolute Gasteiger partial charge is 0.208 e. The molecule has 2 heterocycles. The molecule has 0 spiro atoms. The van der Waals surface area contributed by atoms with Crippen LogP contribution in [0.4, 0.5) is 11.6 Å². The summed E-state index contributed by atoms with van der Waals surface area (Å²) in [5.74, 6) is 2.23. The lowest BCUT2D eigenvalue weighted by Gasteiger charge is -2.08. The number of nitrogens with one attached hydrogen (secondary N) is 2. The molecule has 0 bridgehead atoms. The van der Waals surface area contributed by atoms with E-state index >= 15 is 0 Å². The molecule has 0 fully saturated rings. The molecule has 160 valence electrons. The summed E-state index contributed by atoms with van der Waals surface area (Å²) in [5.41, 5.74) is 3.76. The SMILES string of the molecule is COCCNCc1cc(Oc2ccc3c(c2)nc(Nc2ccc(Br)cc2)n3C)ccn1. The van der Waals surface area contributed by atoms with E-state index < -0.39 is 0 Å². The number of aryl methyl sites for hydroxylation is 1. The third-order valence-electron chi connectivity index (χ3n) is 4.77. The molecule has 0 atom stereocenters. The summed E-state index contributed by atoms with van der Waals surface area (Å²) < 4.78 is 14.2. The Morgan fingerprint density at radius 1 is 1.03 bits per heavy atom. The number of halogens is 1. The van der Waals surface area contributed by atoms with Gasteiger partial charge in [0.05, 0.1) is 23.3 Å². The van der Waals surface area contributed by atoms with Gasteiger partial charge in [0.1, 0.15) is 11.5 Å². The van der Waals surface area contributed by atoms with E-state index in [4.69, 9.17) is 14.5 Å². The normalized spacial score (nSPS) is 11.1. The molecule has 0 radical (unpaired) electrons. The molecule has 0 saturated carbocycles. The van der Waals surface area contributed by atoms with E-state index in [1.54, 1.807) is 13.3 Å². The molecule has 8 heteroatoms. The lowest BCUT2D eigenvalue weighted by molar-refractivity contribution is 0.199. The van der Waals surface area contributed by atoms with Gasteiger partial charge in [-0.1, -0.05) is 15.9 Å². The monoisotopic (exact) mass is 481 g/mol. The van der Waals surface area contributed by atoms with Crippen molar-refractivity contribution in [2.24, 2.45) is 7.05 Å². The van der Waals surface area contributed by atoms with Crippen LogP contribution in [0.2, 0.25) is 0 Å². The summed E-state index contributed by atoms with van der Waals surface area (Å²) in [7, 11) is 3.68. The number of methoxy groups -OCH3 is 1. The highest BCUT2D eigenvalue weighted by Gasteiger charge is 2.10. The van der Waals surface area contributed by atoms with Crippen molar-refractivity contribution >= 4 is 38.6 Å². The lowest BCUT2D eigenvalue weighted by atomic mass is 10.3. The highest BCUT2D eigenvalue weighted by atomic mass is 79.9. The standard InChI is InChI=1S/C23H24BrN5O2/c1-29-22-8-7-19(31-20-9-10-26-18(13-20)15-25-11-12-30-2)14-21(22)28-23(29)27-17-5-3-16(24)4-6-17/h3-10,13-14,25H,11-12,15H2,1-2H3,(H,27,28). The number of anilines is 2. The van der Waals surface area contributed by atoms with Crippen LogP contribution in [0.15, 0.2) is 65.3 Å². The molecule has 2 aromatic heterocycles. The molecule has 4 rings (SSSR count). The number of fused-ring (bicyclic) bond motifs is 1. The first-order valence-electron chi connectivity index (χ1n) is 9.94. The summed E-state index contributed by atoms with van der Waals surface area (Å²) in [4.78, 5) is 9.11. The Labute approximate surface area is 189 Å². The minimum Gasteiger partial charge on any atom is -0.457 e. The number of aromatic nitrogens is 3. The fraction of sp³-hybridized carbons (Fsp3) is 0.217. The number of rotatable bonds is 9. The quantitative estimate of drug-likeness (QED) is 0.327. The largest absolute Gasteiger partial charge is 0.457 e. The summed E-state index contributed by atoms with van der Waals surface area (Å²) in [6.45, 7) is 2.10. The van der Waals surface area contributed by atoms with Gasteiger partial charge in [-0.05, 0) is 42.5 Å². The molecule has 7 nitrogen and oxygen atoms in total. The van der Waals surface area contributed by atoms with E-state index in [0.29, 0.717) is 13.2 Å². The molecule has 0 saturated heterocycles. The fourth-order valence-electron chi connectivity index (χ4n) is 3.16. The van der Waals surface area contributed by atoms with E-state index in [1.165, 1.54) is 0 Å². The molecule has 0 aliphatic rings. The summed E-state index contributed by atoms with van der Waals surface area (Å²) >= 11 is 3.46. The summed E-state index contributed by atoms with van der Waals surface area (Å²) in [6.07, 6.45) is 1.75. The van der Waals surface area contributed by atoms with Crippen molar-refractivity contribution in [2.75, 3.05) is 25.6 Å². The van der Waals surface area contributed by atoms with Crippen molar-refractivity contribution in [1.29, 1.82) is 0 Å². The topological polar surface area (TPSA) is 73.2 Å². The van der Waals surface area contributed by atoms with Crippen molar-refractivity contribution in [3.8, 4) is 11.5 Å². The van der Waals surface area contributed by atoms with Crippen LogP contribution in [0.25, 0.3) is 11.0 Å². The average Bonchev–Trinajstić information content (AvgIpc) is 3.08. The Balaban J connectivity index is 1.48. The first-order chi connectivity index (χ1) is 15.1. The number of hydrogen-bond donors (Lipinski definition) is 2. The Morgan fingerprint density at radius 2 is 1.84 bits per heavy atom. The van der Waals surface area contributed by atoms with Crippen LogP contribution in [0.5, 0.6) is 11.5 Å². The lowest BCUT2D eigenvalue weighted by Crippen LogP contribution is -2.19. The second-order valence-electron chi connectivity index (χ2n) is 7.03. The third-order valence-corrected chi connectivity index (χ3v) is 5.29. The predicted molar refractivity (Wildman–Crippen MR) is 126 cm³/mol. The van der Waals surface area contributed by atoms with E-state index in [9.17, 15) is 0 Å². The zero-order valence-electron chi connectivity index (χ0n) is 17.4.